The standard InChI is InChI=1S/C24H24BrN3O5S/c1-17-8-11-20(12-9-17)34(30,31)28(19-10-13-22(32-2)23(14-19)33-3)16-24(29)27-26-15-18-6-4-5-7-21(18)25/h4-15H,16H2,1-3H3,(H,27,29)/b26-15+. The minimum Gasteiger partial charge on any atom is -0.493 e. The van der Waals surface area contributed by atoms with Gasteiger partial charge in [0.25, 0.3) is 15.9 Å². The van der Waals surface area contributed by atoms with Crippen LogP contribution in [0.2, 0.25) is 0 Å². The van der Waals surface area contributed by atoms with Crippen molar-refractivity contribution in [2.45, 2.75) is 11.8 Å². The molecule has 3 aromatic rings. The van der Waals surface area contributed by atoms with Gasteiger partial charge in [-0.15, -0.1) is 0 Å². The summed E-state index contributed by atoms with van der Waals surface area (Å²) in [6.07, 6.45) is 1.47. The molecule has 10 heteroatoms. The van der Waals surface area contributed by atoms with E-state index in [1.165, 1.54) is 38.6 Å². The third-order valence-corrected chi connectivity index (χ3v) is 7.36. The number of sulfonamides is 1. The van der Waals surface area contributed by atoms with Crippen LogP contribution in [0.5, 0.6) is 11.5 Å². The Kier molecular flexibility index (Phi) is 8.30. The average Bonchev–Trinajstić information content (AvgIpc) is 2.83. The molecule has 178 valence electrons. The fourth-order valence-electron chi connectivity index (χ4n) is 3.05. The molecule has 1 N–H and O–H groups in total. The Morgan fingerprint density at radius 2 is 1.71 bits per heavy atom. The number of carbonyl (C=O) groups excluding carboxylic acids is 1. The Morgan fingerprint density at radius 1 is 1.03 bits per heavy atom. The maximum atomic E-state index is 13.5. The summed E-state index contributed by atoms with van der Waals surface area (Å²) < 4.78 is 39.4. The quantitative estimate of drug-likeness (QED) is 0.322. The average molecular weight is 546 g/mol. The van der Waals surface area contributed by atoms with E-state index in [-0.39, 0.29) is 10.6 Å². The van der Waals surface area contributed by atoms with Crippen molar-refractivity contribution in [2.75, 3.05) is 25.1 Å². The van der Waals surface area contributed by atoms with Gasteiger partial charge in [0.1, 0.15) is 6.54 Å². The number of halogens is 1. The SMILES string of the molecule is COc1ccc(N(CC(=O)N/N=C/c2ccccc2Br)S(=O)(=O)c2ccc(C)cc2)cc1OC. The first-order valence-corrected chi connectivity index (χ1v) is 12.4. The molecule has 0 saturated heterocycles. The molecule has 34 heavy (non-hydrogen) atoms. The molecule has 0 bridgehead atoms. The van der Waals surface area contributed by atoms with E-state index in [1.54, 1.807) is 24.3 Å². The van der Waals surface area contributed by atoms with Gasteiger partial charge in [-0.25, -0.2) is 13.8 Å². The van der Waals surface area contributed by atoms with E-state index < -0.39 is 22.5 Å². The number of nitrogens with zero attached hydrogens (tertiary/aromatic N) is 2. The topological polar surface area (TPSA) is 97.3 Å². The number of anilines is 1. The summed E-state index contributed by atoms with van der Waals surface area (Å²) in [4.78, 5) is 12.8. The maximum Gasteiger partial charge on any atom is 0.264 e. The lowest BCUT2D eigenvalue weighted by atomic mass is 10.2. The van der Waals surface area contributed by atoms with Crippen LogP contribution in [0.25, 0.3) is 0 Å². The Labute approximate surface area is 207 Å². The lowest BCUT2D eigenvalue weighted by Crippen LogP contribution is -2.39. The number of hydrazone groups is 1. The van der Waals surface area contributed by atoms with Crippen molar-refractivity contribution in [3.8, 4) is 11.5 Å². The molecule has 1 amide bonds. The van der Waals surface area contributed by atoms with Gasteiger partial charge in [-0.1, -0.05) is 51.8 Å². The first-order chi connectivity index (χ1) is 16.3. The number of hydrogen-bond acceptors (Lipinski definition) is 6. The lowest BCUT2D eigenvalue weighted by molar-refractivity contribution is -0.119. The summed E-state index contributed by atoms with van der Waals surface area (Å²) in [6.45, 7) is 1.36. The molecule has 8 nitrogen and oxygen atoms in total. The lowest BCUT2D eigenvalue weighted by Gasteiger charge is -2.24. The molecule has 0 atom stereocenters. The highest BCUT2D eigenvalue weighted by Crippen LogP contribution is 2.33. The van der Waals surface area contributed by atoms with Crippen LogP contribution in [0, 0.1) is 6.92 Å². The molecule has 0 aromatic heterocycles. The van der Waals surface area contributed by atoms with E-state index in [0.717, 1.165) is 19.9 Å². The number of carbonyl (C=O) groups is 1. The normalized spacial score (nSPS) is 11.3. The number of hydrogen-bond donors (Lipinski definition) is 1. The van der Waals surface area contributed by atoms with E-state index in [2.05, 4.69) is 26.5 Å². The highest BCUT2D eigenvalue weighted by molar-refractivity contribution is 9.10. The van der Waals surface area contributed by atoms with Crippen molar-refractivity contribution < 1.29 is 22.7 Å². The van der Waals surface area contributed by atoms with E-state index in [0.29, 0.717) is 11.5 Å². The first kappa shape index (κ1) is 25.3. The number of methoxy groups -OCH3 is 2. The van der Waals surface area contributed by atoms with Crippen molar-refractivity contribution in [1.29, 1.82) is 0 Å². The third-order valence-electron chi connectivity index (χ3n) is 4.85. The summed E-state index contributed by atoms with van der Waals surface area (Å²) >= 11 is 3.40. The van der Waals surface area contributed by atoms with Gasteiger partial charge in [-0.3, -0.25) is 9.10 Å². The van der Waals surface area contributed by atoms with E-state index >= 15 is 0 Å². The second-order valence-corrected chi connectivity index (χ2v) is 9.90. The smallest absolute Gasteiger partial charge is 0.264 e. The largest absolute Gasteiger partial charge is 0.493 e. The molecular formula is C24H24BrN3O5S. The first-order valence-electron chi connectivity index (χ1n) is 10.1. The van der Waals surface area contributed by atoms with Crippen LogP contribution in [0.3, 0.4) is 0 Å². The van der Waals surface area contributed by atoms with Gasteiger partial charge in [0.15, 0.2) is 11.5 Å². The second-order valence-electron chi connectivity index (χ2n) is 7.18. The monoisotopic (exact) mass is 545 g/mol. The number of aryl methyl sites for hydroxylation is 1. The molecule has 0 saturated carbocycles. The van der Waals surface area contributed by atoms with Gasteiger partial charge in [-0.05, 0) is 37.3 Å². The minimum absolute atomic E-state index is 0.0532. The third kappa shape index (κ3) is 5.95. The van der Waals surface area contributed by atoms with Crippen LogP contribution in [0.15, 0.2) is 81.2 Å². The van der Waals surface area contributed by atoms with Gasteiger partial charge in [0.05, 0.1) is 31.0 Å². The van der Waals surface area contributed by atoms with E-state index in [4.69, 9.17) is 9.47 Å². The summed E-state index contributed by atoms with van der Waals surface area (Å²) in [6, 6.07) is 18.4. The van der Waals surface area contributed by atoms with E-state index in [1.807, 2.05) is 31.2 Å². The number of benzene rings is 3. The molecule has 0 heterocycles. The Balaban J connectivity index is 1.92. The molecule has 3 rings (SSSR count). The second kappa shape index (κ2) is 11.2. The highest BCUT2D eigenvalue weighted by Gasteiger charge is 2.28. The van der Waals surface area contributed by atoms with Crippen LogP contribution in [-0.4, -0.2) is 41.3 Å². The van der Waals surface area contributed by atoms with Crippen LogP contribution in [0.1, 0.15) is 11.1 Å². The Bertz CT molecular complexity index is 1290. The van der Waals surface area contributed by atoms with Gasteiger partial charge < -0.3 is 9.47 Å². The van der Waals surface area contributed by atoms with E-state index in [9.17, 15) is 13.2 Å². The van der Waals surface area contributed by atoms with Gasteiger partial charge in [0.2, 0.25) is 0 Å². The Hall–Kier alpha value is -3.37. The molecule has 0 radical (unpaired) electrons. The molecule has 0 unspecified atom stereocenters. The van der Waals surface area contributed by atoms with Crippen LogP contribution >= 0.6 is 15.9 Å². The fourth-order valence-corrected chi connectivity index (χ4v) is 4.85. The number of ether oxygens (including phenoxy) is 2. The zero-order chi connectivity index (χ0) is 24.7. The zero-order valence-electron chi connectivity index (χ0n) is 18.9. The number of amides is 1. The van der Waals surface area contributed by atoms with Crippen molar-refractivity contribution in [3.63, 3.8) is 0 Å². The van der Waals surface area contributed by atoms with Gasteiger partial charge in [-0.2, -0.15) is 5.10 Å². The number of nitrogens with one attached hydrogen (secondary N) is 1. The zero-order valence-corrected chi connectivity index (χ0v) is 21.3. The molecular weight excluding hydrogens is 522 g/mol. The van der Waals surface area contributed by atoms with Crippen LogP contribution in [-0.2, 0) is 14.8 Å². The summed E-state index contributed by atoms with van der Waals surface area (Å²) in [5, 5.41) is 3.96. The van der Waals surface area contributed by atoms with Crippen LogP contribution < -0.4 is 19.2 Å². The molecule has 0 aliphatic heterocycles. The summed E-state index contributed by atoms with van der Waals surface area (Å²) in [5.41, 5.74) is 4.30. The molecule has 0 fully saturated rings. The van der Waals surface area contributed by atoms with Crippen molar-refractivity contribution in [1.82, 2.24) is 5.43 Å². The highest BCUT2D eigenvalue weighted by atomic mass is 79.9. The maximum absolute atomic E-state index is 13.5. The summed E-state index contributed by atoms with van der Waals surface area (Å²) in [7, 11) is -1.15. The molecule has 0 aliphatic carbocycles. The predicted octanol–water partition coefficient (Wildman–Crippen LogP) is 4.12. The summed E-state index contributed by atoms with van der Waals surface area (Å²) in [5.74, 6) is 0.145. The van der Waals surface area contributed by atoms with Crippen LogP contribution in [0.4, 0.5) is 5.69 Å². The number of rotatable bonds is 9. The van der Waals surface area contributed by atoms with Crippen molar-refractivity contribution >= 4 is 43.8 Å². The Morgan fingerprint density at radius 3 is 2.35 bits per heavy atom. The fraction of sp³-hybridized carbons (Fsp3) is 0.167. The molecule has 3 aromatic carbocycles. The van der Waals surface area contributed by atoms with Crippen molar-refractivity contribution in [2.24, 2.45) is 5.10 Å². The minimum atomic E-state index is -4.08. The van der Waals surface area contributed by atoms with Gasteiger partial charge >= 0.3 is 0 Å². The van der Waals surface area contributed by atoms with Gasteiger partial charge in [0, 0.05) is 16.1 Å². The molecule has 0 aliphatic rings. The predicted molar refractivity (Wildman–Crippen MR) is 135 cm³/mol. The molecule has 0 spiro atoms. The van der Waals surface area contributed by atoms with Crippen molar-refractivity contribution in [3.05, 3.63) is 82.3 Å².